The molecule has 0 amide bonds. The molecule has 0 aliphatic rings. The van der Waals surface area contributed by atoms with E-state index in [0.717, 1.165) is 27.7 Å². The van der Waals surface area contributed by atoms with Crippen molar-refractivity contribution in [2.75, 3.05) is 14.2 Å². The molecule has 0 aliphatic heterocycles. The molecule has 0 bridgehead atoms. The third-order valence-electron chi connectivity index (χ3n) is 4.32. The molecule has 1 atom stereocenters. The summed E-state index contributed by atoms with van der Waals surface area (Å²) in [6.07, 6.45) is 0.650. The molecule has 2 aromatic heterocycles. The van der Waals surface area contributed by atoms with Crippen molar-refractivity contribution in [1.29, 1.82) is 0 Å². The zero-order valence-corrected chi connectivity index (χ0v) is 16.6. The van der Waals surface area contributed by atoms with E-state index in [1.807, 2.05) is 48.5 Å². The largest absolute Gasteiger partial charge is 0.493 e. The standard InChI is InChI=1S/C20H20N4O3S/c1-4-15(27-14-8-6-5-7-9-14)19-23-24-18(21-22-20(24)28-19)13-10-11-16(25-2)17(12-13)26-3/h5-12,15H,4H2,1-3H3. The summed E-state index contributed by atoms with van der Waals surface area (Å²) in [6.45, 7) is 2.07. The van der Waals surface area contributed by atoms with Crippen LogP contribution >= 0.6 is 11.3 Å². The van der Waals surface area contributed by atoms with Crippen LogP contribution in [0.2, 0.25) is 0 Å². The Labute approximate surface area is 166 Å². The Hall–Kier alpha value is -3.13. The van der Waals surface area contributed by atoms with Crippen molar-refractivity contribution >= 4 is 16.3 Å². The molecule has 4 rings (SSSR count). The minimum absolute atomic E-state index is 0.146. The van der Waals surface area contributed by atoms with Gasteiger partial charge in [0, 0.05) is 5.56 Å². The molecule has 0 saturated carbocycles. The van der Waals surface area contributed by atoms with Crippen LogP contribution in [0.5, 0.6) is 17.2 Å². The van der Waals surface area contributed by atoms with E-state index in [-0.39, 0.29) is 6.10 Å². The summed E-state index contributed by atoms with van der Waals surface area (Å²) in [5.74, 6) is 2.76. The SMILES string of the molecule is CCC(Oc1ccccc1)c1nn2c(-c3ccc(OC)c(OC)c3)nnc2s1. The Morgan fingerprint density at radius 2 is 1.79 bits per heavy atom. The van der Waals surface area contributed by atoms with Crippen LogP contribution in [0.15, 0.2) is 48.5 Å². The molecule has 4 aromatic rings. The number of ether oxygens (including phenoxy) is 3. The average Bonchev–Trinajstić information content (AvgIpc) is 3.33. The predicted octanol–water partition coefficient (Wildman–Crippen LogP) is 4.40. The zero-order valence-electron chi connectivity index (χ0n) is 15.8. The first-order chi connectivity index (χ1) is 13.7. The fourth-order valence-electron chi connectivity index (χ4n) is 2.89. The van der Waals surface area contributed by atoms with E-state index >= 15 is 0 Å². The van der Waals surface area contributed by atoms with E-state index in [1.165, 1.54) is 11.3 Å². The van der Waals surface area contributed by atoms with E-state index in [0.29, 0.717) is 17.3 Å². The number of para-hydroxylation sites is 1. The molecule has 1 unspecified atom stereocenters. The molecule has 7 nitrogen and oxygen atoms in total. The lowest BCUT2D eigenvalue weighted by atomic mass is 10.2. The number of hydrogen-bond donors (Lipinski definition) is 0. The maximum absolute atomic E-state index is 6.11. The van der Waals surface area contributed by atoms with Gasteiger partial charge in [-0.25, -0.2) is 0 Å². The van der Waals surface area contributed by atoms with Crippen molar-refractivity contribution < 1.29 is 14.2 Å². The highest BCUT2D eigenvalue weighted by Crippen LogP contribution is 2.33. The van der Waals surface area contributed by atoms with Crippen LogP contribution in [0.25, 0.3) is 16.3 Å². The lowest BCUT2D eigenvalue weighted by Gasteiger charge is -2.14. The van der Waals surface area contributed by atoms with Gasteiger partial charge in [-0.15, -0.1) is 10.2 Å². The number of fused-ring (bicyclic) bond motifs is 1. The Kier molecular flexibility index (Phi) is 5.12. The highest BCUT2D eigenvalue weighted by Gasteiger charge is 2.21. The highest BCUT2D eigenvalue weighted by molar-refractivity contribution is 7.16. The van der Waals surface area contributed by atoms with Crippen LogP contribution in [-0.2, 0) is 0 Å². The summed E-state index contributed by atoms with van der Waals surface area (Å²) in [6, 6.07) is 15.4. The summed E-state index contributed by atoms with van der Waals surface area (Å²) < 4.78 is 18.6. The average molecular weight is 396 g/mol. The lowest BCUT2D eigenvalue weighted by molar-refractivity contribution is 0.199. The van der Waals surface area contributed by atoms with Crippen LogP contribution < -0.4 is 14.2 Å². The lowest BCUT2D eigenvalue weighted by Crippen LogP contribution is -2.07. The Morgan fingerprint density at radius 1 is 1.00 bits per heavy atom. The van der Waals surface area contributed by atoms with Crippen LogP contribution in [0, 0.1) is 0 Å². The van der Waals surface area contributed by atoms with Crippen molar-refractivity contribution in [1.82, 2.24) is 19.8 Å². The van der Waals surface area contributed by atoms with E-state index < -0.39 is 0 Å². The van der Waals surface area contributed by atoms with E-state index in [1.54, 1.807) is 18.7 Å². The molecule has 0 fully saturated rings. The summed E-state index contributed by atoms with van der Waals surface area (Å²) in [5, 5.41) is 14.2. The summed E-state index contributed by atoms with van der Waals surface area (Å²) in [7, 11) is 3.21. The molecule has 2 aromatic carbocycles. The molecule has 144 valence electrons. The molecule has 0 radical (unpaired) electrons. The van der Waals surface area contributed by atoms with Crippen molar-refractivity contribution in [3.63, 3.8) is 0 Å². The van der Waals surface area contributed by atoms with Gasteiger partial charge in [0.15, 0.2) is 28.4 Å². The first kappa shape index (κ1) is 18.2. The molecule has 0 spiro atoms. The van der Waals surface area contributed by atoms with Gasteiger partial charge in [0.1, 0.15) is 5.75 Å². The van der Waals surface area contributed by atoms with Crippen LogP contribution in [0.3, 0.4) is 0 Å². The van der Waals surface area contributed by atoms with Crippen molar-refractivity contribution in [3.8, 4) is 28.6 Å². The maximum Gasteiger partial charge on any atom is 0.235 e. The second kappa shape index (κ2) is 7.85. The van der Waals surface area contributed by atoms with Crippen LogP contribution in [0.4, 0.5) is 0 Å². The van der Waals surface area contributed by atoms with Gasteiger partial charge in [0.25, 0.3) is 0 Å². The fourth-order valence-corrected chi connectivity index (χ4v) is 3.84. The third-order valence-corrected chi connectivity index (χ3v) is 5.31. The summed E-state index contributed by atoms with van der Waals surface area (Å²) >= 11 is 1.48. The second-order valence-electron chi connectivity index (χ2n) is 6.06. The molecule has 28 heavy (non-hydrogen) atoms. The fraction of sp³-hybridized carbons (Fsp3) is 0.250. The number of hydrogen-bond acceptors (Lipinski definition) is 7. The number of aromatic nitrogens is 4. The minimum Gasteiger partial charge on any atom is -0.493 e. The van der Waals surface area contributed by atoms with Gasteiger partial charge < -0.3 is 14.2 Å². The Bertz CT molecular complexity index is 1080. The zero-order chi connectivity index (χ0) is 19.5. The van der Waals surface area contributed by atoms with Crippen LogP contribution in [-0.4, -0.2) is 34.0 Å². The number of benzene rings is 2. The topological polar surface area (TPSA) is 70.8 Å². The van der Waals surface area contributed by atoms with Gasteiger partial charge >= 0.3 is 0 Å². The van der Waals surface area contributed by atoms with Gasteiger partial charge in [0.05, 0.1) is 14.2 Å². The highest BCUT2D eigenvalue weighted by atomic mass is 32.1. The Balaban J connectivity index is 1.68. The number of nitrogens with zero attached hydrogens (tertiary/aromatic N) is 4. The minimum atomic E-state index is -0.146. The molecule has 2 heterocycles. The van der Waals surface area contributed by atoms with Gasteiger partial charge in [0.2, 0.25) is 4.96 Å². The number of methoxy groups -OCH3 is 2. The van der Waals surface area contributed by atoms with Crippen molar-refractivity contribution in [2.24, 2.45) is 0 Å². The quantitative estimate of drug-likeness (QED) is 0.461. The van der Waals surface area contributed by atoms with Gasteiger partial charge in [-0.3, -0.25) is 0 Å². The van der Waals surface area contributed by atoms with E-state index in [2.05, 4.69) is 17.1 Å². The normalized spacial score (nSPS) is 12.1. The van der Waals surface area contributed by atoms with E-state index in [9.17, 15) is 0 Å². The Morgan fingerprint density at radius 3 is 2.50 bits per heavy atom. The number of rotatable bonds is 7. The smallest absolute Gasteiger partial charge is 0.235 e. The predicted molar refractivity (Wildman–Crippen MR) is 107 cm³/mol. The first-order valence-electron chi connectivity index (χ1n) is 8.89. The van der Waals surface area contributed by atoms with Crippen molar-refractivity contribution in [2.45, 2.75) is 19.4 Å². The molecule has 8 heteroatoms. The first-order valence-corrected chi connectivity index (χ1v) is 9.71. The molecule has 0 aliphatic carbocycles. The third kappa shape index (κ3) is 3.38. The second-order valence-corrected chi connectivity index (χ2v) is 7.04. The molecular weight excluding hydrogens is 376 g/mol. The van der Waals surface area contributed by atoms with Gasteiger partial charge in [-0.2, -0.15) is 9.61 Å². The molecule has 0 N–H and O–H groups in total. The van der Waals surface area contributed by atoms with Crippen molar-refractivity contribution in [3.05, 3.63) is 53.5 Å². The van der Waals surface area contributed by atoms with E-state index in [4.69, 9.17) is 19.3 Å². The maximum atomic E-state index is 6.11. The molecule has 0 saturated heterocycles. The van der Waals surface area contributed by atoms with Gasteiger partial charge in [-0.1, -0.05) is 36.5 Å². The summed E-state index contributed by atoms with van der Waals surface area (Å²) in [4.78, 5) is 0.717. The summed E-state index contributed by atoms with van der Waals surface area (Å²) in [5.41, 5.74) is 0.846. The van der Waals surface area contributed by atoms with Crippen LogP contribution in [0.1, 0.15) is 24.5 Å². The monoisotopic (exact) mass is 396 g/mol. The van der Waals surface area contributed by atoms with Gasteiger partial charge in [-0.05, 0) is 36.8 Å². The molecular formula is C20H20N4O3S.